The van der Waals surface area contributed by atoms with Gasteiger partial charge < -0.3 is 0 Å². The molecule has 0 aromatic heterocycles. The van der Waals surface area contributed by atoms with Gasteiger partial charge >= 0.3 is 0 Å². The van der Waals surface area contributed by atoms with Gasteiger partial charge in [0.2, 0.25) is 0 Å². The van der Waals surface area contributed by atoms with Crippen LogP contribution in [-0.2, 0) is 9.59 Å². The monoisotopic (exact) mass is 414 g/mol. The molecule has 4 aliphatic heterocycles. The first-order valence-corrected chi connectivity index (χ1v) is 12.2. The Balaban J connectivity index is 1.53. The highest BCUT2D eigenvalue weighted by molar-refractivity contribution is 6.21. The van der Waals surface area contributed by atoms with Crippen LogP contribution >= 0.6 is 0 Å². The Morgan fingerprint density at radius 2 is 0.903 bits per heavy atom. The molecule has 31 heavy (non-hydrogen) atoms. The van der Waals surface area contributed by atoms with Crippen LogP contribution in [0.3, 0.4) is 0 Å². The molecule has 4 nitrogen and oxygen atoms in total. The molecule has 4 heteroatoms. The van der Waals surface area contributed by atoms with Crippen LogP contribution in [0.25, 0.3) is 0 Å². The average molecular weight is 415 g/mol. The number of hydrogen-bond acceptors (Lipinski definition) is 2. The standard InChI is InChI=1S/C27H30N2O2/c30-26-22-23(25-21-13-9-5-4-7-11-19(21)15-17-29(25)26)27(31)28-16-14-18-10-6-2-1-3-8-12-20(18)24(22)28/h14-17H,1-13H2. The molecule has 2 amide bonds. The number of carbonyl (C=O) groups is 2. The van der Waals surface area contributed by atoms with Crippen molar-refractivity contribution in [3.8, 4) is 0 Å². The fourth-order valence-corrected chi connectivity index (χ4v) is 6.19. The van der Waals surface area contributed by atoms with E-state index >= 15 is 0 Å². The van der Waals surface area contributed by atoms with Gasteiger partial charge in [0.15, 0.2) is 0 Å². The second-order valence-corrected chi connectivity index (χ2v) is 9.62. The summed E-state index contributed by atoms with van der Waals surface area (Å²) in [6.45, 7) is 0. The van der Waals surface area contributed by atoms with E-state index in [-0.39, 0.29) is 11.8 Å². The van der Waals surface area contributed by atoms with E-state index in [9.17, 15) is 9.59 Å². The molecule has 4 heterocycles. The summed E-state index contributed by atoms with van der Waals surface area (Å²) in [6.07, 6.45) is 23.0. The summed E-state index contributed by atoms with van der Waals surface area (Å²) >= 11 is 0. The topological polar surface area (TPSA) is 40.6 Å². The molecule has 0 aromatic carbocycles. The van der Waals surface area contributed by atoms with Crippen LogP contribution in [0.5, 0.6) is 0 Å². The number of carbonyl (C=O) groups excluding carboxylic acids is 2. The molecule has 6 rings (SSSR count). The fourth-order valence-electron chi connectivity index (χ4n) is 6.19. The minimum absolute atomic E-state index is 0.0114. The van der Waals surface area contributed by atoms with Gasteiger partial charge in [0.25, 0.3) is 11.8 Å². The quantitative estimate of drug-likeness (QED) is 0.493. The van der Waals surface area contributed by atoms with Crippen LogP contribution < -0.4 is 0 Å². The summed E-state index contributed by atoms with van der Waals surface area (Å²) < 4.78 is 0. The normalized spacial score (nSPS) is 26.2. The Hall–Kier alpha value is -2.62. The third kappa shape index (κ3) is 2.87. The van der Waals surface area contributed by atoms with E-state index in [0.29, 0.717) is 11.1 Å². The van der Waals surface area contributed by atoms with Crippen molar-refractivity contribution in [2.24, 2.45) is 0 Å². The van der Waals surface area contributed by atoms with Crippen molar-refractivity contribution >= 4 is 11.8 Å². The molecule has 0 spiro atoms. The summed E-state index contributed by atoms with van der Waals surface area (Å²) in [5.74, 6) is -0.0227. The zero-order valence-corrected chi connectivity index (χ0v) is 18.2. The van der Waals surface area contributed by atoms with Crippen molar-refractivity contribution in [3.63, 3.8) is 0 Å². The average Bonchev–Trinajstić information content (AvgIpc) is 3.25. The molecule has 0 saturated carbocycles. The summed E-state index contributed by atoms with van der Waals surface area (Å²) in [6, 6.07) is 0. The predicted molar refractivity (Wildman–Crippen MR) is 120 cm³/mol. The Morgan fingerprint density at radius 3 is 1.35 bits per heavy atom. The minimum atomic E-state index is -0.0114. The highest BCUT2D eigenvalue weighted by atomic mass is 16.2. The lowest BCUT2D eigenvalue weighted by molar-refractivity contribution is -0.122. The summed E-state index contributed by atoms with van der Waals surface area (Å²) in [5.41, 5.74) is 8.26. The van der Waals surface area contributed by atoms with Crippen molar-refractivity contribution in [1.82, 2.24) is 9.80 Å². The van der Waals surface area contributed by atoms with Gasteiger partial charge in [-0.15, -0.1) is 0 Å². The maximum absolute atomic E-state index is 13.7. The number of rotatable bonds is 0. The number of amides is 2. The van der Waals surface area contributed by atoms with Crippen molar-refractivity contribution in [1.29, 1.82) is 0 Å². The zero-order valence-electron chi connectivity index (χ0n) is 18.2. The van der Waals surface area contributed by atoms with Gasteiger partial charge in [-0.05, 0) is 85.8 Å². The van der Waals surface area contributed by atoms with Crippen LogP contribution in [0.4, 0.5) is 0 Å². The molecule has 0 N–H and O–H groups in total. The van der Waals surface area contributed by atoms with Crippen LogP contribution in [0.15, 0.2) is 69.4 Å². The lowest BCUT2D eigenvalue weighted by Crippen LogP contribution is -2.29. The molecule has 160 valence electrons. The van der Waals surface area contributed by atoms with Crippen LogP contribution in [0.1, 0.15) is 83.5 Å². The summed E-state index contributed by atoms with van der Waals surface area (Å²) in [7, 11) is 0. The van der Waals surface area contributed by atoms with Crippen molar-refractivity contribution < 1.29 is 9.59 Å². The highest BCUT2D eigenvalue weighted by Crippen LogP contribution is 2.50. The Labute approximate surface area is 184 Å². The van der Waals surface area contributed by atoms with Crippen molar-refractivity contribution in [3.05, 3.63) is 69.4 Å². The molecule has 0 fully saturated rings. The SMILES string of the molecule is O=C1C2=C3C4=C(C=CN3C(=O)C2=C2C3=C(C=CN12)CCCCCCC3)CCCCCC4. The van der Waals surface area contributed by atoms with E-state index < -0.39 is 0 Å². The Bertz CT molecular complexity index is 1060. The second-order valence-electron chi connectivity index (χ2n) is 9.62. The molecule has 0 aromatic rings. The number of allylic oxidation sites excluding steroid dienone is 6. The second kappa shape index (κ2) is 7.51. The van der Waals surface area contributed by atoms with Crippen LogP contribution in [0, 0.1) is 0 Å². The van der Waals surface area contributed by atoms with E-state index in [0.717, 1.165) is 49.9 Å². The maximum Gasteiger partial charge on any atom is 0.265 e. The Kier molecular flexibility index (Phi) is 4.62. The molecule has 0 atom stereocenters. The third-order valence-corrected chi connectivity index (χ3v) is 7.76. The lowest BCUT2D eigenvalue weighted by Gasteiger charge is -2.29. The van der Waals surface area contributed by atoms with E-state index in [2.05, 4.69) is 12.2 Å². The van der Waals surface area contributed by atoms with Crippen LogP contribution in [0.2, 0.25) is 0 Å². The third-order valence-electron chi connectivity index (χ3n) is 7.76. The van der Waals surface area contributed by atoms with Gasteiger partial charge in [-0.1, -0.05) is 32.1 Å². The summed E-state index contributed by atoms with van der Waals surface area (Å²) in [5, 5.41) is 0. The van der Waals surface area contributed by atoms with Gasteiger partial charge in [-0.2, -0.15) is 0 Å². The molecule has 2 aliphatic carbocycles. The van der Waals surface area contributed by atoms with E-state index in [1.54, 1.807) is 9.80 Å². The smallest absolute Gasteiger partial charge is 0.265 e. The van der Waals surface area contributed by atoms with Crippen molar-refractivity contribution in [2.45, 2.75) is 83.5 Å². The Morgan fingerprint density at radius 1 is 0.516 bits per heavy atom. The molecular weight excluding hydrogens is 384 g/mol. The molecule has 0 bridgehead atoms. The number of hydrogen-bond donors (Lipinski definition) is 0. The van der Waals surface area contributed by atoms with Gasteiger partial charge in [0, 0.05) is 12.4 Å². The number of fused-ring (bicyclic) bond motifs is 5. The first-order valence-electron chi connectivity index (χ1n) is 12.2. The van der Waals surface area contributed by atoms with E-state index in [1.165, 1.54) is 67.2 Å². The maximum atomic E-state index is 13.7. The molecule has 0 radical (unpaired) electrons. The predicted octanol–water partition coefficient (Wildman–Crippen LogP) is 5.93. The highest BCUT2D eigenvalue weighted by Gasteiger charge is 2.50. The lowest BCUT2D eigenvalue weighted by atomic mass is 9.88. The number of nitrogens with zero attached hydrogens (tertiary/aromatic N) is 2. The van der Waals surface area contributed by atoms with E-state index in [1.807, 2.05) is 12.4 Å². The van der Waals surface area contributed by atoms with Gasteiger partial charge in [0.05, 0.1) is 22.5 Å². The molecule has 0 unspecified atom stereocenters. The summed E-state index contributed by atoms with van der Waals surface area (Å²) in [4.78, 5) is 30.9. The van der Waals surface area contributed by atoms with Crippen LogP contribution in [-0.4, -0.2) is 21.6 Å². The first-order chi connectivity index (χ1) is 15.3. The fraction of sp³-hybridized carbons (Fsp3) is 0.481. The van der Waals surface area contributed by atoms with Gasteiger partial charge in [0.1, 0.15) is 0 Å². The first kappa shape index (κ1) is 19.1. The van der Waals surface area contributed by atoms with E-state index in [4.69, 9.17) is 0 Å². The molecular formula is C27H30N2O2. The largest absolute Gasteiger partial charge is 0.283 e. The molecule has 6 aliphatic rings. The zero-order chi connectivity index (χ0) is 20.9. The van der Waals surface area contributed by atoms with Gasteiger partial charge in [-0.25, -0.2) is 0 Å². The van der Waals surface area contributed by atoms with Gasteiger partial charge in [-0.3, -0.25) is 19.4 Å². The van der Waals surface area contributed by atoms with Crippen molar-refractivity contribution in [2.75, 3.05) is 0 Å². The minimum Gasteiger partial charge on any atom is -0.283 e. The molecule has 0 saturated heterocycles.